The maximum Gasteiger partial charge on any atom is 0.260 e. The number of ether oxygens (including phenoxy) is 2. The minimum atomic E-state index is -0.0380. The lowest BCUT2D eigenvalue weighted by molar-refractivity contribution is -0.137. The number of benzene rings is 1. The number of carbonyl (C=O) groups is 2. The zero-order chi connectivity index (χ0) is 21.6. The molecular weight excluding hydrogens is 396 g/mol. The van der Waals surface area contributed by atoms with Gasteiger partial charge in [0.2, 0.25) is 5.91 Å². The highest BCUT2D eigenvalue weighted by Gasteiger charge is 2.30. The number of nitrogens with zero attached hydrogens (tertiary/aromatic N) is 4. The maximum absolute atomic E-state index is 12.7. The van der Waals surface area contributed by atoms with Crippen LogP contribution in [-0.4, -0.2) is 110 Å². The lowest BCUT2D eigenvalue weighted by Crippen LogP contribution is -2.56. The van der Waals surface area contributed by atoms with Crippen molar-refractivity contribution in [2.45, 2.75) is 25.3 Å². The predicted octanol–water partition coefficient (Wildman–Crippen LogP) is 0.915. The Kier molecular flexibility index (Phi) is 7.29. The van der Waals surface area contributed by atoms with Crippen molar-refractivity contribution in [3.05, 3.63) is 24.3 Å². The molecule has 8 nitrogen and oxygen atoms in total. The van der Waals surface area contributed by atoms with Crippen LogP contribution in [0.25, 0.3) is 0 Å². The lowest BCUT2D eigenvalue weighted by Gasteiger charge is -2.43. The molecule has 31 heavy (non-hydrogen) atoms. The Hall–Kier alpha value is -2.32. The third-order valence-corrected chi connectivity index (χ3v) is 6.76. The molecule has 0 atom stereocenters. The molecule has 1 aromatic rings. The van der Waals surface area contributed by atoms with Crippen LogP contribution >= 0.6 is 0 Å². The highest BCUT2D eigenvalue weighted by molar-refractivity contribution is 5.79. The van der Waals surface area contributed by atoms with E-state index < -0.39 is 0 Å². The summed E-state index contributed by atoms with van der Waals surface area (Å²) in [6.45, 7) is 6.81. The van der Waals surface area contributed by atoms with Crippen LogP contribution in [0.1, 0.15) is 19.3 Å². The summed E-state index contributed by atoms with van der Waals surface area (Å²) in [5, 5.41) is 0. The molecule has 3 aliphatic rings. The number of hydrogen-bond acceptors (Lipinski definition) is 6. The van der Waals surface area contributed by atoms with E-state index in [0.29, 0.717) is 44.2 Å². The molecule has 4 rings (SSSR count). The minimum Gasteiger partial charge on any atom is -0.493 e. The topological polar surface area (TPSA) is 65.6 Å². The highest BCUT2D eigenvalue weighted by atomic mass is 16.5. The van der Waals surface area contributed by atoms with Crippen molar-refractivity contribution in [2.75, 3.05) is 72.6 Å². The standard InChI is InChI=1S/C23H34N4O4/c1-30-20-7-2-3-8-21(20)31-18-23(29)27-11-9-24(10-12-27)17-22(28)26-15-13-25(14-16-26)19-5-4-6-19/h2-3,7-8,19H,4-6,9-18H2,1H3. The fraction of sp³-hybridized carbons (Fsp3) is 0.652. The van der Waals surface area contributed by atoms with Crippen LogP contribution in [0.3, 0.4) is 0 Å². The Morgan fingerprint density at radius 2 is 1.48 bits per heavy atom. The molecular formula is C23H34N4O4. The van der Waals surface area contributed by atoms with Crippen molar-refractivity contribution in [1.82, 2.24) is 19.6 Å². The van der Waals surface area contributed by atoms with E-state index in [0.717, 1.165) is 32.2 Å². The monoisotopic (exact) mass is 430 g/mol. The number of rotatable bonds is 7. The average molecular weight is 431 g/mol. The molecule has 2 saturated heterocycles. The van der Waals surface area contributed by atoms with E-state index in [1.165, 1.54) is 19.3 Å². The number of piperazine rings is 2. The first-order valence-corrected chi connectivity index (χ1v) is 11.4. The van der Waals surface area contributed by atoms with E-state index in [1.807, 2.05) is 28.0 Å². The van der Waals surface area contributed by atoms with Crippen LogP contribution < -0.4 is 9.47 Å². The predicted molar refractivity (Wildman–Crippen MR) is 117 cm³/mol. The summed E-state index contributed by atoms with van der Waals surface area (Å²) in [7, 11) is 1.58. The Morgan fingerprint density at radius 3 is 2.10 bits per heavy atom. The van der Waals surface area contributed by atoms with Crippen LogP contribution in [0.2, 0.25) is 0 Å². The van der Waals surface area contributed by atoms with Gasteiger partial charge in [0.25, 0.3) is 5.91 Å². The first-order valence-electron chi connectivity index (χ1n) is 11.4. The molecule has 1 aromatic carbocycles. The smallest absolute Gasteiger partial charge is 0.260 e. The molecule has 0 N–H and O–H groups in total. The number of carbonyl (C=O) groups excluding carboxylic acids is 2. The minimum absolute atomic E-state index is 0.00935. The van der Waals surface area contributed by atoms with Gasteiger partial charge in [0, 0.05) is 58.4 Å². The van der Waals surface area contributed by atoms with E-state index in [9.17, 15) is 9.59 Å². The summed E-state index contributed by atoms with van der Waals surface area (Å²) in [5.41, 5.74) is 0. The molecule has 0 spiro atoms. The van der Waals surface area contributed by atoms with Crippen molar-refractivity contribution >= 4 is 11.8 Å². The second-order valence-corrected chi connectivity index (χ2v) is 8.60. The average Bonchev–Trinajstić information content (AvgIpc) is 2.77. The van der Waals surface area contributed by atoms with Crippen molar-refractivity contribution < 1.29 is 19.1 Å². The molecule has 0 radical (unpaired) electrons. The molecule has 2 amide bonds. The molecule has 3 fully saturated rings. The molecule has 0 bridgehead atoms. The summed E-state index contributed by atoms with van der Waals surface area (Å²) in [6, 6.07) is 8.08. The zero-order valence-corrected chi connectivity index (χ0v) is 18.5. The quantitative estimate of drug-likeness (QED) is 0.641. The van der Waals surface area contributed by atoms with Crippen molar-refractivity contribution in [3.8, 4) is 11.5 Å². The van der Waals surface area contributed by atoms with E-state index >= 15 is 0 Å². The fourth-order valence-electron chi connectivity index (χ4n) is 4.50. The summed E-state index contributed by atoms with van der Waals surface area (Å²) in [6.07, 6.45) is 3.99. The van der Waals surface area contributed by atoms with E-state index in [2.05, 4.69) is 9.80 Å². The Balaban J connectivity index is 1.15. The summed E-state index contributed by atoms with van der Waals surface area (Å²) < 4.78 is 10.9. The van der Waals surface area contributed by atoms with E-state index in [-0.39, 0.29) is 18.4 Å². The summed E-state index contributed by atoms with van der Waals surface area (Å²) >= 11 is 0. The third kappa shape index (κ3) is 5.49. The second-order valence-electron chi connectivity index (χ2n) is 8.60. The highest BCUT2D eigenvalue weighted by Crippen LogP contribution is 2.26. The first kappa shape index (κ1) is 21.9. The maximum atomic E-state index is 12.7. The van der Waals surface area contributed by atoms with E-state index in [1.54, 1.807) is 13.2 Å². The van der Waals surface area contributed by atoms with Gasteiger partial charge in [0.15, 0.2) is 18.1 Å². The molecule has 0 unspecified atom stereocenters. The van der Waals surface area contributed by atoms with Crippen LogP contribution in [0.15, 0.2) is 24.3 Å². The number of hydrogen-bond donors (Lipinski definition) is 0. The first-order chi connectivity index (χ1) is 15.1. The molecule has 2 heterocycles. The van der Waals surface area contributed by atoms with Gasteiger partial charge < -0.3 is 19.3 Å². The number of amides is 2. The van der Waals surface area contributed by atoms with E-state index in [4.69, 9.17) is 9.47 Å². The van der Waals surface area contributed by atoms with Gasteiger partial charge in [-0.3, -0.25) is 19.4 Å². The zero-order valence-electron chi connectivity index (χ0n) is 18.5. The molecule has 2 aliphatic heterocycles. The van der Waals surface area contributed by atoms with Crippen LogP contribution in [-0.2, 0) is 9.59 Å². The van der Waals surface area contributed by atoms with Gasteiger partial charge in [-0.05, 0) is 25.0 Å². The van der Waals surface area contributed by atoms with Gasteiger partial charge in [0.1, 0.15) is 0 Å². The van der Waals surface area contributed by atoms with Crippen LogP contribution in [0, 0.1) is 0 Å². The largest absolute Gasteiger partial charge is 0.493 e. The Labute approximate surface area is 184 Å². The molecule has 170 valence electrons. The Bertz CT molecular complexity index is 754. The van der Waals surface area contributed by atoms with Crippen molar-refractivity contribution in [2.24, 2.45) is 0 Å². The molecule has 8 heteroatoms. The summed E-state index contributed by atoms with van der Waals surface area (Å²) in [5.74, 6) is 1.36. The Morgan fingerprint density at radius 1 is 0.871 bits per heavy atom. The van der Waals surface area contributed by atoms with Gasteiger partial charge in [0.05, 0.1) is 13.7 Å². The number of para-hydroxylation sites is 2. The van der Waals surface area contributed by atoms with Gasteiger partial charge in [-0.1, -0.05) is 18.6 Å². The normalized spacial score (nSPS) is 20.9. The third-order valence-electron chi connectivity index (χ3n) is 6.76. The van der Waals surface area contributed by atoms with Gasteiger partial charge in [-0.15, -0.1) is 0 Å². The lowest BCUT2D eigenvalue weighted by atomic mass is 9.91. The van der Waals surface area contributed by atoms with Gasteiger partial charge in [-0.2, -0.15) is 0 Å². The SMILES string of the molecule is COc1ccccc1OCC(=O)N1CCN(CC(=O)N2CCN(C3CCC3)CC2)CC1. The van der Waals surface area contributed by atoms with Gasteiger partial charge in [-0.25, -0.2) is 0 Å². The summed E-state index contributed by atoms with van der Waals surface area (Å²) in [4.78, 5) is 33.8. The van der Waals surface area contributed by atoms with Crippen molar-refractivity contribution in [1.29, 1.82) is 0 Å². The molecule has 1 saturated carbocycles. The molecule has 1 aliphatic carbocycles. The van der Waals surface area contributed by atoms with Crippen molar-refractivity contribution in [3.63, 3.8) is 0 Å². The second kappa shape index (κ2) is 10.3. The fourth-order valence-corrected chi connectivity index (χ4v) is 4.50. The van der Waals surface area contributed by atoms with Gasteiger partial charge >= 0.3 is 0 Å². The molecule has 0 aromatic heterocycles. The van der Waals surface area contributed by atoms with Crippen LogP contribution in [0.5, 0.6) is 11.5 Å². The van der Waals surface area contributed by atoms with Crippen LogP contribution in [0.4, 0.5) is 0 Å². The number of methoxy groups -OCH3 is 1.